The second-order valence-electron chi connectivity index (χ2n) is 3.87. The highest BCUT2D eigenvalue weighted by Crippen LogP contribution is 2.19. The molecule has 0 radical (unpaired) electrons. The van der Waals surface area contributed by atoms with Crippen molar-refractivity contribution in [2.45, 2.75) is 19.4 Å². The Balaban J connectivity index is 2.21. The Morgan fingerprint density at radius 1 is 1.38 bits per heavy atom. The Morgan fingerprint density at radius 2 is 2.06 bits per heavy atom. The molecule has 1 unspecified atom stereocenters. The molecule has 84 valence electrons. The van der Waals surface area contributed by atoms with Gasteiger partial charge in [0.2, 0.25) is 0 Å². The maximum absolute atomic E-state index is 12.7. The highest BCUT2D eigenvalue weighted by atomic mass is 19.1. The van der Waals surface area contributed by atoms with Crippen LogP contribution in [0.15, 0.2) is 34.9 Å². The van der Waals surface area contributed by atoms with Crippen LogP contribution < -0.4 is 5.73 Å². The summed E-state index contributed by atoms with van der Waals surface area (Å²) in [5.41, 5.74) is 7.19. The average Bonchev–Trinajstić information content (AvgIpc) is 2.66. The molecule has 16 heavy (non-hydrogen) atoms. The van der Waals surface area contributed by atoms with Crippen LogP contribution in [0.4, 0.5) is 4.39 Å². The fourth-order valence-electron chi connectivity index (χ4n) is 1.48. The van der Waals surface area contributed by atoms with Gasteiger partial charge in [-0.2, -0.15) is 0 Å². The van der Waals surface area contributed by atoms with Gasteiger partial charge < -0.3 is 10.3 Å². The van der Waals surface area contributed by atoms with Gasteiger partial charge in [0.05, 0.1) is 0 Å². The third-order valence-corrected chi connectivity index (χ3v) is 2.22. The van der Waals surface area contributed by atoms with Gasteiger partial charge in [-0.1, -0.05) is 5.16 Å². The van der Waals surface area contributed by atoms with E-state index in [1.807, 2.05) is 13.0 Å². The molecule has 1 aromatic carbocycles. The molecular weight excluding hydrogens is 207 g/mol. The Kier molecular flexibility index (Phi) is 3.01. The second-order valence-corrected chi connectivity index (χ2v) is 3.87. The van der Waals surface area contributed by atoms with Crippen LogP contribution in [-0.2, 0) is 6.42 Å². The van der Waals surface area contributed by atoms with Crippen molar-refractivity contribution >= 4 is 0 Å². The van der Waals surface area contributed by atoms with E-state index >= 15 is 0 Å². The van der Waals surface area contributed by atoms with Crippen molar-refractivity contribution in [3.05, 3.63) is 41.9 Å². The summed E-state index contributed by atoms with van der Waals surface area (Å²) in [6.07, 6.45) is 0.647. The molecule has 2 rings (SSSR count). The first kappa shape index (κ1) is 10.8. The molecule has 2 aromatic rings. The van der Waals surface area contributed by atoms with E-state index in [4.69, 9.17) is 10.3 Å². The summed E-state index contributed by atoms with van der Waals surface area (Å²) in [6, 6.07) is 8.00. The van der Waals surface area contributed by atoms with E-state index in [2.05, 4.69) is 5.16 Å². The van der Waals surface area contributed by atoms with Gasteiger partial charge in [0.15, 0.2) is 0 Å². The quantitative estimate of drug-likeness (QED) is 0.863. The van der Waals surface area contributed by atoms with E-state index in [1.54, 1.807) is 12.1 Å². The molecule has 1 atom stereocenters. The fourth-order valence-corrected chi connectivity index (χ4v) is 1.48. The number of benzene rings is 1. The van der Waals surface area contributed by atoms with Crippen LogP contribution in [0.25, 0.3) is 11.3 Å². The number of hydrogen-bond donors (Lipinski definition) is 1. The molecule has 0 bridgehead atoms. The van der Waals surface area contributed by atoms with E-state index in [0.717, 1.165) is 11.3 Å². The van der Waals surface area contributed by atoms with Crippen molar-refractivity contribution in [3.63, 3.8) is 0 Å². The van der Waals surface area contributed by atoms with Gasteiger partial charge in [0.25, 0.3) is 0 Å². The van der Waals surface area contributed by atoms with Crippen molar-refractivity contribution < 1.29 is 8.91 Å². The van der Waals surface area contributed by atoms with Crippen LogP contribution in [0.2, 0.25) is 0 Å². The molecule has 3 nitrogen and oxygen atoms in total. The van der Waals surface area contributed by atoms with Gasteiger partial charge in [-0.25, -0.2) is 4.39 Å². The number of hydrogen-bond acceptors (Lipinski definition) is 3. The van der Waals surface area contributed by atoms with Crippen LogP contribution in [0.3, 0.4) is 0 Å². The van der Waals surface area contributed by atoms with Crippen LogP contribution in [0.1, 0.15) is 12.7 Å². The molecule has 0 amide bonds. The maximum Gasteiger partial charge on any atom is 0.138 e. The molecule has 0 saturated carbocycles. The lowest BCUT2D eigenvalue weighted by molar-refractivity contribution is 0.378. The zero-order chi connectivity index (χ0) is 11.5. The minimum absolute atomic E-state index is 0.0361. The first-order valence-electron chi connectivity index (χ1n) is 5.12. The van der Waals surface area contributed by atoms with Gasteiger partial charge in [0, 0.05) is 24.1 Å². The lowest BCUT2D eigenvalue weighted by Crippen LogP contribution is -2.17. The number of halogens is 1. The maximum atomic E-state index is 12.7. The molecule has 4 heteroatoms. The minimum Gasteiger partial charge on any atom is -0.361 e. The third-order valence-electron chi connectivity index (χ3n) is 2.22. The van der Waals surface area contributed by atoms with Crippen molar-refractivity contribution in [1.82, 2.24) is 5.16 Å². The predicted octanol–water partition coefficient (Wildman–Crippen LogP) is 2.37. The monoisotopic (exact) mass is 220 g/mol. The molecule has 1 aromatic heterocycles. The van der Waals surface area contributed by atoms with Gasteiger partial charge >= 0.3 is 0 Å². The van der Waals surface area contributed by atoms with Crippen LogP contribution in [-0.4, -0.2) is 11.2 Å². The van der Waals surface area contributed by atoms with Crippen LogP contribution in [0.5, 0.6) is 0 Å². The molecule has 1 heterocycles. The highest BCUT2D eigenvalue weighted by molar-refractivity contribution is 5.58. The zero-order valence-electron chi connectivity index (χ0n) is 8.98. The van der Waals surface area contributed by atoms with Crippen molar-refractivity contribution in [1.29, 1.82) is 0 Å². The largest absolute Gasteiger partial charge is 0.361 e. The molecule has 0 aliphatic rings. The number of nitrogens with two attached hydrogens (primary N) is 1. The normalized spacial score (nSPS) is 12.7. The smallest absolute Gasteiger partial charge is 0.138 e. The Hall–Kier alpha value is -1.68. The summed E-state index contributed by atoms with van der Waals surface area (Å²) in [7, 11) is 0. The predicted molar refractivity (Wildman–Crippen MR) is 59.3 cm³/mol. The van der Waals surface area contributed by atoms with Crippen molar-refractivity contribution in [2.24, 2.45) is 5.73 Å². The van der Waals surface area contributed by atoms with E-state index < -0.39 is 0 Å². The zero-order valence-corrected chi connectivity index (χ0v) is 8.98. The average molecular weight is 220 g/mol. The SMILES string of the molecule is CC(N)Cc1cc(-c2ccc(F)cc2)no1. The van der Waals surface area contributed by atoms with E-state index in [9.17, 15) is 4.39 Å². The fraction of sp³-hybridized carbons (Fsp3) is 0.250. The topological polar surface area (TPSA) is 52.0 Å². The van der Waals surface area contributed by atoms with Gasteiger partial charge in [-0.15, -0.1) is 0 Å². The van der Waals surface area contributed by atoms with Gasteiger partial charge in [-0.3, -0.25) is 0 Å². The summed E-state index contributed by atoms with van der Waals surface area (Å²) in [4.78, 5) is 0. The van der Waals surface area contributed by atoms with Gasteiger partial charge in [-0.05, 0) is 31.2 Å². The van der Waals surface area contributed by atoms with Gasteiger partial charge in [0.1, 0.15) is 17.3 Å². The molecule has 0 aliphatic carbocycles. The highest BCUT2D eigenvalue weighted by Gasteiger charge is 2.08. The van der Waals surface area contributed by atoms with Crippen molar-refractivity contribution in [2.75, 3.05) is 0 Å². The lowest BCUT2D eigenvalue weighted by atomic mass is 10.1. The summed E-state index contributed by atoms with van der Waals surface area (Å²) in [5, 5.41) is 3.92. The molecule has 0 spiro atoms. The Labute approximate surface area is 93.1 Å². The number of rotatable bonds is 3. The summed E-state index contributed by atoms with van der Waals surface area (Å²) in [5.74, 6) is 0.484. The summed E-state index contributed by atoms with van der Waals surface area (Å²) >= 11 is 0. The Bertz CT molecular complexity index is 462. The van der Waals surface area contributed by atoms with E-state index in [1.165, 1.54) is 12.1 Å². The number of aromatic nitrogens is 1. The molecule has 0 fully saturated rings. The van der Waals surface area contributed by atoms with Crippen LogP contribution in [0, 0.1) is 5.82 Å². The minimum atomic E-state index is -0.261. The molecular formula is C12H13FN2O. The Morgan fingerprint density at radius 3 is 2.69 bits per heavy atom. The first-order chi connectivity index (χ1) is 7.65. The number of nitrogens with zero attached hydrogens (tertiary/aromatic N) is 1. The first-order valence-corrected chi connectivity index (χ1v) is 5.12. The summed E-state index contributed by atoms with van der Waals surface area (Å²) in [6.45, 7) is 1.90. The van der Waals surface area contributed by atoms with E-state index in [-0.39, 0.29) is 11.9 Å². The lowest BCUT2D eigenvalue weighted by Gasteiger charge is -1.97. The van der Waals surface area contributed by atoms with E-state index in [0.29, 0.717) is 12.1 Å². The molecule has 2 N–H and O–H groups in total. The summed E-state index contributed by atoms with van der Waals surface area (Å²) < 4.78 is 17.9. The van der Waals surface area contributed by atoms with Crippen molar-refractivity contribution in [3.8, 4) is 11.3 Å². The van der Waals surface area contributed by atoms with Crippen LogP contribution >= 0.6 is 0 Å². The standard InChI is InChI=1S/C12H13FN2O/c1-8(14)6-11-7-12(15-16-11)9-2-4-10(13)5-3-9/h2-5,7-8H,6,14H2,1H3. The molecule has 0 aliphatic heterocycles. The molecule has 0 saturated heterocycles. The third kappa shape index (κ3) is 2.46. The second kappa shape index (κ2) is 4.45.